The van der Waals surface area contributed by atoms with E-state index in [0.29, 0.717) is 40.7 Å². The van der Waals surface area contributed by atoms with Crippen LogP contribution in [0.2, 0.25) is 0 Å². The summed E-state index contributed by atoms with van der Waals surface area (Å²) in [6.45, 7) is 3.86. The number of para-hydroxylation sites is 1. The van der Waals surface area contributed by atoms with Crippen LogP contribution in [-0.4, -0.2) is 26.4 Å². The average Bonchev–Trinajstić information content (AvgIpc) is 2.69. The Labute approximate surface area is 155 Å². The van der Waals surface area contributed by atoms with Crippen molar-refractivity contribution in [3.8, 4) is 0 Å². The Kier molecular flexibility index (Phi) is 4.64. The standard InChI is InChI=1S/C21H19FN4O/c1-2-26(12-14-9-10-17(22)15-7-5-11-23-20(14)15)13-19-24-18-8-4-3-6-16(18)21(27)25-19/h3-11H,2,12-13H2,1H3,(H,24,25,27). The third-order valence-electron chi connectivity index (χ3n) is 4.68. The number of aromatic amines is 1. The van der Waals surface area contributed by atoms with Crippen molar-refractivity contribution in [3.63, 3.8) is 0 Å². The predicted molar refractivity (Wildman–Crippen MR) is 104 cm³/mol. The summed E-state index contributed by atoms with van der Waals surface area (Å²) >= 11 is 0. The summed E-state index contributed by atoms with van der Waals surface area (Å²) in [5.74, 6) is 0.338. The first-order chi connectivity index (χ1) is 13.2. The quantitative estimate of drug-likeness (QED) is 0.589. The topological polar surface area (TPSA) is 61.9 Å². The Bertz CT molecular complexity index is 1170. The number of rotatable bonds is 5. The van der Waals surface area contributed by atoms with E-state index in [4.69, 9.17) is 0 Å². The summed E-state index contributed by atoms with van der Waals surface area (Å²) in [6.07, 6.45) is 1.67. The van der Waals surface area contributed by atoms with Crippen LogP contribution in [0.15, 0.2) is 59.5 Å². The molecule has 4 rings (SSSR count). The largest absolute Gasteiger partial charge is 0.309 e. The molecular weight excluding hydrogens is 343 g/mol. The van der Waals surface area contributed by atoms with Crippen molar-refractivity contribution in [1.29, 1.82) is 0 Å². The molecule has 6 heteroatoms. The number of H-pyrrole nitrogens is 1. The SMILES string of the molecule is CCN(Cc1nc2ccccc2c(=O)[nH]1)Cc1ccc(F)c2cccnc12. The van der Waals surface area contributed by atoms with Crippen molar-refractivity contribution in [3.05, 3.63) is 82.3 Å². The maximum Gasteiger partial charge on any atom is 0.258 e. The second-order valence-electron chi connectivity index (χ2n) is 6.44. The van der Waals surface area contributed by atoms with E-state index in [0.717, 1.165) is 12.1 Å². The van der Waals surface area contributed by atoms with Crippen LogP contribution in [0.25, 0.3) is 21.8 Å². The molecule has 2 aromatic heterocycles. The third kappa shape index (κ3) is 3.44. The molecule has 0 unspecified atom stereocenters. The Morgan fingerprint density at radius 2 is 1.85 bits per heavy atom. The van der Waals surface area contributed by atoms with Crippen LogP contribution in [-0.2, 0) is 13.1 Å². The predicted octanol–water partition coefficient (Wildman–Crippen LogP) is 3.63. The molecule has 2 aromatic carbocycles. The van der Waals surface area contributed by atoms with Gasteiger partial charge in [-0.2, -0.15) is 0 Å². The number of aromatic nitrogens is 3. The molecule has 0 spiro atoms. The van der Waals surface area contributed by atoms with Gasteiger partial charge in [-0.25, -0.2) is 9.37 Å². The van der Waals surface area contributed by atoms with Crippen LogP contribution >= 0.6 is 0 Å². The van der Waals surface area contributed by atoms with Crippen molar-refractivity contribution < 1.29 is 4.39 Å². The van der Waals surface area contributed by atoms with Crippen molar-refractivity contribution in [2.45, 2.75) is 20.0 Å². The molecule has 2 heterocycles. The zero-order valence-electron chi connectivity index (χ0n) is 14.9. The lowest BCUT2D eigenvalue weighted by Gasteiger charge is -2.20. The van der Waals surface area contributed by atoms with Gasteiger partial charge < -0.3 is 4.98 Å². The van der Waals surface area contributed by atoms with E-state index in [1.807, 2.05) is 25.1 Å². The van der Waals surface area contributed by atoms with Gasteiger partial charge in [-0.3, -0.25) is 14.7 Å². The first-order valence-electron chi connectivity index (χ1n) is 8.88. The number of nitrogens with zero attached hydrogens (tertiary/aromatic N) is 3. The number of benzene rings is 2. The summed E-state index contributed by atoms with van der Waals surface area (Å²) in [6, 6.07) is 14.0. The molecule has 0 saturated carbocycles. The molecule has 0 atom stereocenters. The lowest BCUT2D eigenvalue weighted by Crippen LogP contribution is -2.25. The van der Waals surface area contributed by atoms with E-state index < -0.39 is 0 Å². The summed E-state index contributed by atoms with van der Waals surface area (Å²) in [5, 5.41) is 1.10. The van der Waals surface area contributed by atoms with Gasteiger partial charge in [0.05, 0.1) is 23.0 Å². The van der Waals surface area contributed by atoms with Gasteiger partial charge in [0.2, 0.25) is 0 Å². The minimum Gasteiger partial charge on any atom is -0.309 e. The molecule has 0 amide bonds. The molecule has 0 bridgehead atoms. The second-order valence-corrected chi connectivity index (χ2v) is 6.44. The van der Waals surface area contributed by atoms with Crippen molar-refractivity contribution in [2.24, 2.45) is 0 Å². The Morgan fingerprint density at radius 1 is 1.04 bits per heavy atom. The smallest absolute Gasteiger partial charge is 0.258 e. The van der Waals surface area contributed by atoms with E-state index in [2.05, 4.69) is 19.9 Å². The monoisotopic (exact) mass is 362 g/mol. The zero-order chi connectivity index (χ0) is 18.8. The molecule has 0 saturated heterocycles. The summed E-state index contributed by atoms with van der Waals surface area (Å²) < 4.78 is 14.0. The number of halogens is 1. The number of hydrogen-bond donors (Lipinski definition) is 1. The minimum atomic E-state index is -0.273. The molecule has 5 nitrogen and oxygen atoms in total. The fourth-order valence-electron chi connectivity index (χ4n) is 3.27. The Hall–Kier alpha value is -3.12. The number of hydrogen-bond acceptors (Lipinski definition) is 4. The number of fused-ring (bicyclic) bond motifs is 2. The van der Waals surface area contributed by atoms with E-state index in [-0.39, 0.29) is 11.4 Å². The highest BCUT2D eigenvalue weighted by Gasteiger charge is 2.12. The summed E-state index contributed by atoms with van der Waals surface area (Å²) in [7, 11) is 0. The molecule has 136 valence electrons. The number of pyridine rings is 1. The van der Waals surface area contributed by atoms with Crippen molar-refractivity contribution >= 4 is 21.8 Å². The summed E-state index contributed by atoms with van der Waals surface area (Å²) in [4.78, 5) is 26.2. The third-order valence-corrected chi connectivity index (χ3v) is 4.68. The molecule has 0 radical (unpaired) electrons. The van der Waals surface area contributed by atoms with E-state index in [9.17, 15) is 9.18 Å². The fourth-order valence-corrected chi connectivity index (χ4v) is 3.27. The van der Waals surface area contributed by atoms with Gasteiger partial charge in [0.1, 0.15) is 11.6 Å². The van der Waals surface area contributed by atoms with Crippen molar-refractivity contribution in [2.75, 3.05) is 6.54 Å². The van der Waals surface area contributed by atoms with Gasteiger partial charge in [-0.15, -0.1) is 0 Å². The highest BCUT2D eigenvalue weighted by Crippen LogP contribution is 2.21. The van der Waals surface area contributed by atoms with Crippen LogP contribution in [0.3, 0.4) is 0 Å². The van der Waals surface area contributed by atoms with Crippen LogP contribution in [0, 0.1) is 5.82 Å². The van der Waals surface area contributed by atoms with E-state index in [1.54, 1.807) is 30.5 Å². The van der Waals surface area contributed by atoms with Gasteiger partial charge in [-0.1, -0.05) is 25.1 Å². The second kappa shape index (κ2) is 7.25. The van der Waals surface area contributed by atoms with Gasteiger partial charge in [0.15, 0.2) is 0 Å². The van der Waals surface area contributed by atoms with Crippen molar-refractivity contribution in [1.82, 2.24) is 19.9 Å². The fraction of sp³-hybridized carbons (Fsp3) is 0.190. The van der Waals surface area contributed by atoms with Gasteiger partial charge in [-0.05, 0) is 42.4 Å². The van der Waals surface area contributed by atoms with Crippen LogP contribution < -0.4 is 5.56 Å². The zero-order valence-corrected chi connectivity index (χ0v) is 14.9. The first kappa shape index (κ1) is 17.3. The lowest BCUT2D eigenvalue weighted by molar-refractivity contribution is 0.265. The van der Waals surface area contributed by atoms with Crippen LogP contribution in [0.1, 0.15) is 18.3 Å². The maximum atomic E-state index is 14.0. The normalized spacial score (nSPS) is 11.5. The van der Waals surface area contributed by atoms with E-state index in [1.165, 1.54) is 6.07 Å². The number of nitrogens with one attached hydrogen (secondary N) is 1. The average molecular weight is 362 g/mol. The van der Waals surface area contributed by atoms with Crippen LogP contribution in [0.4, 0.5) is 4.39 Å². The first-order valence-corrected chi connectivity index (χ1v) is 8.88. The molecule has 27 heavy (non-hydrogen) atoms. The van der Waals surface area contributed by atoms with E-state index >= 15 is 0 Å². The van der Waals surface area contributed by atoms with Gasteiger partial charge in [0, 0.05) is 18.1 Å². The molecular formula is C21H19FN4O. The molecule has 0 fully saturated rings. The highest BCUT2D eigenvalue weighted by molar-refractivity contribution is 5.82. The van der Waals surface area contributed by atoms with Gasteiger partial charge in [0.25, 0.3) is 5.56 Å². The molecule has 0 aliphatic heterocycles. The molecule has 0 aliphatic carbocycles. The van der Waals surface area contributed by atoms with Crippen LogP contribution in [0.5, 0.6) is 0 Å². The Balaban J connectivity index is 1.64. The Morgan fingerprint density at radius 3 is 2.70 bits per heavy atom. The van der Waals surface area contributed by atoms with Gasteiger partial charge >= 0.3 is 0 Å². The minimum absolute atomic E-state index is 0.138. The molecule has 4 aromatic rings. The molecule has 0 aliphatic rings. The summed E-state index contributed by atoms with van der Waals surface area (Å²) in [5.41, 5.74) is 2.15. The lowest BCUT2D eigenvalue weighted by atomic mass is 10.1. The highest BCUT2D eigenvalue weighted by atomic mass is 19.1. The molecule has 1 N–H and O–H groups in total. The maximum absolute atomic E-state index is 14.0.